The maximum Gasteiger partial charge on any atom is 0.244 e. The van der Waals surface area contributed by atoms with Crippen molar-refractivity contribution in [3.63, 3.8) is 0 Å². The molecule has 18 heavy (non-hydrogen) atoms. The molecule has 0 fully saturated rings. The van der Waals surface area contributed by atoms with Crippen LogP contribution in [0.1, 0.15) is 25.8 Å². The van der Waals surface area contributed by atoms with E-state index in [0.29, 0.717) is 0 Å². The summed E-state index contributed by atoms with van der Waals surface area (Å²) in [5.41, 5.74) is 5.48. The zero-order chi connectivity index (χ0) is 13.6. The SMILES string of the molecule is CCC(C)NC(COC)(C(N)=O)c1ccccc1. The highest BCUT2D eigenvalue weighted by Crippen LogP contribution is 2.22. The van der Waals surface area contributed by atoms with E-state index < -0.39 is 11.4 Å². The van der Waals surface area contributed by atoms with Gasteiger partial charge >= 0.3 is 0 Å². The zero-order valence-corrected chi connectivity index (χ0v) is 11.3. The molecule has 100 valence electrons. The Hall–Kier alpha value is -1.39. The Labute approximate surface area is 109 Å². The zero-order valence-electron chi connectivity index (χ0n) is 11.3. The molecule has 0 saturated carbocycles. The van der Waals surface area contributed by atoms with Crippen LogP contribution in [0.25, 0.3) is 0 Å². The molecule has 2 unspecified atom stereocenters. The fourth-order valence-corrected chi connectivity index (χ4v) is 1.95. The summed E-state index contributed by atoms with van der Waals surface area (Å²) in [6.07, 6.45) is 0.908. The molecule has 0 aliphatic rings. The van der Waals surface area contributed by atoms with Crippen LogP contribution in [0.5, 0.6) is 0 Å². The summed E-state index contributed by atoms with van der Waals surface area (Å²) in [7, 11) is 1.57. The number of amides is 1. The summed E-state index contributed by atoms with van der Waals surface area (Å²) < 4.78 is 5.21. The van der Waals surface area contributed by atoms with Crippen molar-refractivity contribution in [1.29, 1.82) is 0 Å². The first-order valence-corrected chi connectivity index (χ1v) is 6.19. The standard InChI is InChI=1S/C14H22N2O2/c1-4-11(2)16-14(10-18-3,13(15)17)12-8-6-5-7-9-12/h5-9,11,16H,4,10H2,1-3H3,(H2,15,17). The second-order valence-electron chi connectivity index (χ2n) is 4.52. The van der Waals surface area contributed by atoms with Gasteiger partial charge in [0.1, 0.15) is 5.54 Å². The van der Waals surface area contributed by atoms with E-state index in [1.807, 2.05) is 37.3 Å². The van der Waals surface area contributed by atoms with E-state index in [1.54, 1.807) is 7.11 Å². The number of primary amides is 1. The predicted octanol–water partition coefficient (Wildman–Crippen LogP) is 1.40. The van der Waals surface area contributed by atoms with E-state index in [2.05, 4.69) is 12.2 Å². The maximum atomic E-state index is 11.9. The van der Waals surface area contributed by atoms with Crippen LogP contribution < -0.4 is 11.1 Å². The monoisotopic (exact) mass is 250 g/mol. The molecule has 4 nitrogen and oxygen atoms in total. The molecule has 0 heterocycles. The van der Waals surface area contributed by atoms with Crippen molar-refractivity contribution in [2.45, 2.75) is 31.8 Å². The van der Waals surface area contributed by atoms with Crippen LogP contribution in [0.3, 0.4) is 0 Å². The van der Waals surface area contributed by atoms with Crippen LogP contribution in [0.2, 0.25) is 0 Å². The number of hydrogen-bond donors (Lipinski definition) is 2. The molecule has 1 aromatic rings. The predicted molar refractivity (Wildman–Crippen MR) is 72.1 cm³/mol. The first-order valence-electron chi connectivity index (χ1n) is 6.19. The quantitative estimate of drug-likeness (QED) is 0.769. The van der Waals surface area contributed by atoms with Crippen molar-refractivity contribution >= 4 is 5.91 Å². The maximum absolute atomic E-state index is 11.9. The molecule has 0 spiro atoms. The molecule has 0 aliphatic carbocycles. The highest BCUT2D eigenvalue weighted by Gasteiger charge is 2.39. The molecule has 1 rings (SSSR count). The Bertz CT molecular complexity index is 381. The number of nitrogens with one attached hydrogen (secondary N) is 1. The molecular formula is C14H22N2O2. The first-order chi connectivity index (χ1) is 8.56. The lowest BCUT2D eigenvalue weighted by Crippen LogP contribution is -2.58. The van der Waals surface area contributed by atoms with Gasteiger partial charge in [-0.15, -0.1) is 0 Å². The van der Waals surface area contributed by atoms with Gasteiger partial charge in [-0.2, -0.15) is 0 Å². The van der Waals surface area contributed by atoms with Crippen LogP contribution in [0.4, 0.5) is 0 Å². The van der Waals surface area contributed by atoms with Gasteiger partial charge in [-0.3, -0.25) is 10.1 Å². The van der Waals surface area contributed by atoms with Crippen LogP contribution in [0.15, 0.2) is 30.3 Å². The highest BCUT2D eigenvalue weighted by molar-refractivity contribution is 5.86. The van der Waals surface area contributed by atoms with Crippen molar-refractivity contribution in [2.75, 3.05) is 13.7 Å². The first kappa shape index (κ1) is 14.7. The molecule has 0 saturated heterocycles. The number of benzene rings is 1. The molecule has 4 heteroatoms. The lowest BCUT2D eigenvalue weighted by atomic mass is 9.88. The number of carbonyl (C=O) groups excluding carboxylic acids is 1. The number of nitrogens with two attached hydrogens (primary N) is 1. The van der Waals surface area contributed by atoms with Crippen molar-refractivity contribution in [3.8, 4) is 0 Å². The Morgan fingerprint density at radius 2 is 2.06 bits per heavy atom. The summed E-state index contributed by atoms with van der Waals surface area (Å²) in [5, 5.41) is 3.30. The Morgan fingerprint density at radius 1 is 1.44 bits per heavy atom. The molecule has 0 bridgehead atoms. The van der Waals surface area contributed by atoms with E-state index >= 15 is 0 Å². The number of ether oxygens (including phenoxy) is 1. The summed E-state index contributed by atoms with van der Waals surface area (Å²) in [4.78, 5) is 11.9. The van der Waals surface area contributed by atoms with Gasteiger partial charge in [0.05, 0.1) is 6.61 Å². The smallest absolute Gasteiger partial charge is 0.244 e. The van der Waals surface area contributed by atoms with Crippen molar-refractivity contribution < 1.29 is 9.53 Å². The minimum atomic E-state index is -0.967. The minimum Gasteiger partial charge on any atom is -0.382 e. The number of carbonyl (C=O) groups is 1. The minimum absolute atomic E-state index is 0.174. The molecule has 0 radical (unpaired) electrons. The molecular weight excluding hydrogens is 228 g/mol. The lowest BCUT2D eigenvalue weighted by Gasteiger charge is -2.34. The third kappa shape index (κ3) is 3.09. The normalized spacial score (nSPS) is 15.9. The molecule has 3 N–H and O–H groups in total. The van der Waals surface area contributed by atoms with Crippen LogP contribution in [-0.2, 0) is 15.1 Å². The van der Waals surface area contributed by atoms with Gasteiger partial charge in [0.15, 0.2) is 0 Å². The van der Waals surface area contributed by atoms with Gasteiger partial charge in [0, 0.05) is 13.2 Å². The average Bonchev–Trinajstić information content (AvgIpc) is 2.38. The van der Waals surface area contributed by atoms with Gasteiger partial charge in [-0.1, -0.05) is 37.3 Å². The fraction of sp³-hybridized carbons (Fsp3) is 0.500. The van der Waals surface area contributed by atoms with Crippen LogP contribution in [0, 0.1) is 0 Å². The second kappa shape index (κ2) is 6.52. The Balaban J connectivity index is 3.17. The van der Waals surface area contributed by atoms with Crippen LogP contribution >= 0.6 is 0 Å². The van der Waals surface area contributed by atoms with E-state index in [-0.39, 0.29) is 12.6 Å². The Morgan fingerprint density at radius 3 is 2.50 bits per heavy atom. The molecule has 1 aromatic carbocycles. The molecule has 2 atom stereocenters. The Kier molecular flexibility index (Phi) is 5.31. The fourth-order valence-electron chi connectivity index (χ4n) is 1.95. The van der Waals surface area contributed by atoms with Crippen LogP contribution in [-0.4, -0.2) is 25.7 Å². The largest absolute Gasteiger partial charge is 0.382 e. The van der Waals surface area contributed by atoms with Gasteiger partial charge in [-0.25, -0.2) is 0 Å². The third-order valence-electron chi connectivity index (χ3n) is 3.15. The molecule has 0 aromatic heterocycles. The van der Waals surface area contributed by atoms with Crippen molar-refractivity contribution in [1.82, 2.24) is 5.32 Å². The topological polar surface area (TPSA) is 64.3 Å². The summed E-state index contributed by atoms with van der Waals surface area (Å²) in [5.74, 6) is -0.421. The van der Waals surface area contributed by atoms with Crippen molar-refractivity contribution in [3.05, 3.63) is 35.9 Å². The molecule has 0 aliphatic heterocycles. The third-order valence-corrected chi connectivity index (χ3v) is 3.15. The van der Waals surface area contributed by atoms with Gasteiger partial charge in [0.25, 0.3) is 0 Å². The number of hydrogen-bond acceptors (Lipinski definition) is 3. The van der Waals surface area contributed by atoms with E-state index in [4.69, 9.17) is 10.5 Å². The van der Waals surface area contributed by atoms with E-state index in [9.17, 15) is 4.79 Å². The summed E-state index contributed by atoms with van der Waals surface area (Å²) >= 11 is 0. The van der Waals surface area contributed by atoms with Gasteiger partial charge in [0.2, 0.25) is 5.91 Å². The average molecular weight is 250 g/mol. The summed E-state index contributed by atoms with van der Waals surface area (Å²) in [6, 6.07) is 9.64. The lowest BCUT2D eigenvalue weighted by molar-refractivity contribution is -0.127. The van der Waals surface area contributed by atoms with Crippen molar-refractivity contribution in [2.24, 2.45) is 5.73 Å². The highest BCUT2D eigenvalue weighted by atomic mass is 16.5. The number of methoxy groups -OCH3 is 1. The van der Waals surface area contributed by atoms with Gasteiger partial charge in [-0.05, 0) is 18.9 Å². The van der Waals surface area contributed by atoms with E-state index in [1.165, 1.54) is 0 Å². The second-order valence-corrected chi connectivity index (χ2v) is 4.52. The van der Waals surface area contributed by atoms with E-state index in [0.717, 1.165) is 12.0 Å². The van der Waals surface area contributed by atoms with Gasteiger partial charge < -0.3 is 10.5 Å². The summed E-state index contributed by atoms with van der Waals surface area (Å²) in [6.45, 7) is 4.30. The number of rotatable bonds is 7. The molecule has 1 amide bonds.